The molecule has 3 heteroatoms. The van der Waals surface area contributed by atoms with Gasteiger partial charge in [0.25, 0.3) is 0 Å². The van der Waals surface area contributed by atoms with Gasteiger partial charge in [-0.3, -0.25) is 11.3 Å². The van der Waals surface area contributed by atoms with Crippen molar-refractivity contribution < 1.29 is 4.74 Å². The Hall–Kier alpha value is -0.900. The molecule has 1 aliphatic carbocycles. The Kier molecular flexibility index (Phi) is 3.82. The van der Waals surface area contributed by atoms with Crippen molar-refractivity contribution in [1.29, 1.82) is 0 Å². The summed E-state index contributed by atoms with van der Waals surface area (Å²) in [6.07, 6.45) is 4.37. The maximum atomic E-state index is 5.71. The zero-order valence-electron chi connectivity index (χ0n) is 10.7. The van der Waals surface area contributed by atoms with E-state index in [-0.39, 0.29) is 11.6 Å². The van der Waals surface area contributed by atoms with Crippen molar-refractivity contribution in [2.24, 2.45) is 5.84 Å². The van der Waals surface area contributed by atoms with Crippen molar-refractivity contribution in [1.82, 2.24) is 5.43 Å². The number of hydrazine groups is 1. The molecule has 0 bridgehead atoms. The lowest BCUT2D eigenvalue weighted by Gasteiger charge is -2.46. The highest BCUT2D eigenvalue weighted by molar-refractivity contribution is 5.27. The third-order valence-electron chi connectivity index (χ3n) is 4.13. The first-order valence-electron chi connectivity index (χ1n) is 6.27. The zero-order valence-corrected chi connectivity index (χ0v) is 10.7. The maximum absolute atomic E-state index is 5.71. The van der Waals surface area contributed by atoms with Crippen molar-refractivity contribution in [3.8, 4) is 0 Å². The van der Waals surface area contributed by atoms with Crippen molar-refractivity contribution >= 4 is 0 Å². The highest BCUT2D eigenvalue weighted by Crippen LogP contribution is 2.39. The molecule has 0 heterocycles. The molecule has 1 aromatic carbocycles. The minimum atomic E-state index is -0.0585. The predicted octanol–water partition coefficient (Wildman–Crippen LogP) is 1.94. The van der Waals surface area contributed by atoms with Crippen LogP contribution in [0.3, 0.4) is 0 Å². The smallest absolute Gasteiger partial charge is 0.0847 e. The molecule has 3 nitrogen and oxygen atoms in total. The number of hydrogen-bond acceptors (Lipinski definition) is 3. The summed E-state index contributed by atoms with van der Waals surface area (Å²) in [5, 5.41) is 0. The van der Waals surface area contributed by atoms with Crippen molar-refractivity contribution in [2.45, 2.75) is 44.2 Å². The van der Waals surface area contributed by atoms with Crippen LogP contribution in [0.4, 0.5) is 0 Å². The lowest BCUT2D eigenvalue weighted by molar-refractivity contribution is -0.0982. The lowest BCUT2D eigenvalue weighted by atomic mass is 9.72. The van der Waals surface area contributed by atoms with Crippen LogP contribution in [0.2, 0.25) is 0 Å². The minimum Gasteiger partial charge on any atom is -0.377 e. The summed E-state index contributed by atoms with van der Waals surface area (Å²) >= 11 is 0. The first kappa shape index (κ1) is 12.6. The lowest BCUT2D eigenvalue weighted by Crippen LogP contribution is -2.59. The summed E-state index contributed by atoms with van der Waals surface area (Å²) in [4.78, 5) is 0. The Balaban J connectivity index is 2.13. The van der Waals surface area contributed by atoms with Crippen LogP contribution in [0.1, 0.15) is 30.4 Å². The fraction of sp³-hybridized carbons (Fsp3) is 0.571. The number of methoxy groups -OCH3 is 1. The first-order valence-corrected chi connectivity index (χ1v) is 6.27. The van der Waals surface area contributed by atoms with Crippen molar-refractivity contribution in [3.63, 3.8) is 0 Å². The Morgan fingerprint density at radius 2 is 2.12 bits per heavy atom. The van der Waals surface area contributed by atoms with Crippen LogP contribution in [0, 0.1) is 6.92 Å². The van der Waals surface area contributed by atoms with Crippen LogP contribution >= 0.6 is 0 Å². The van der Waals surface area contributed by atoms with E-state index >= 15 is 0 Å². The molecule has 0 radical (unpaired) electrons. The molecule has 0 aromatic heterocycles. The monoisotopic (exact) mass is 234 g/mol. The quantitative estimate of drug-likeness (QED) is 0.604. The van der Waals surface area contributed by atoms with E-state index in [0.717, 1.165) is 19.3 Å². The molecular weight excluding hydrogens is 212 g/mol. The van der Waals surface area contributed by atoms with Crippen LogP contribution in [-0.4, -0.2) is 18.8 Å². The Morgan fingerprint density at radius 1 is 1.41 bits per heavy atom. The molecular formula is C14H22N2O. The van der Waals surface area contributed by atoms with E-state index in [2.05, 4.69) is 36.6 Å². The molecule has 17 heavy (non-hydrogen) atoms. The fourth-order valence-corrected chi connectivity index (χ4v) is 2.68. The van der Waals surface area contributed by atoms with Gasteiger partial charge in [-0.15, -0.1) is 0 Å². The van der Waals surface area contributed by atoms with Gasteiger partial charge in [0, 0.05) is 7.11 Å². The molecule has 0 amide bonds. The Morgan fingerprint density at radius 3 is 2.59 bits per heavy atom. The number of hydrogen-bond donors (Lipinski definition) is 2. The number of rotatable bonds is 5. The van der Waals surface area contributed by atoms with Crippen LogP contribution in [0.15, 0.2) is 24.3 Å². The molecule has 94 valence electrons. The number of benzene rings is 1. The number of nitrogens with one attached hydrogen (secondary N) is 1. The van der Waals surface area contributed by atoms with Gasteiger partial charge >= 0.3 is 0 Å². The summed E-state index contributed by atoms with van der Waals surface area (Å²) in [5.74, 6) is 5.71. The minimum absolute atomic E-state index is 0.0585. The molecule has 1 unspecified atom stereocenters. The third-order valence-corrected chi connectivity index (χ3v) is 4.13. The van der Waals surface area contributed by atoms with Crippen LogP contribution in [0.5, 0.6) is 0 Å². The van der Waals surface area contributed by atoms with Crippen molar-refractivity contribution in [2.75, 3.05) is 7.11 Å². The normalized spacial score (nSPS) is 19.7. The fourth-order valence-electron chi connectivity index (χ4n) is 2.68. The molecule has 0 saturated heterocycles. The van der Waals surface area contributed by atoms with E-state index in [4.69, 9.17) is 10.6 Å². The molecule has 0 spiro atoms. The van der Waals surface area contributed by atoms with Gasteiger partial charge in [0.2, 0.25) is 0 Å². The van der Waals surface area contributed by atoms with Crippen molar-refractivity contribution in [3.05, 3.63) is 35.4 Å². The summed E-state index contributed by atoms with van der Waals surface area (Å²) in [5.41, 5.74) is 5.55. The van der Waals surface area contributed by atoms with Gasteiger partial charge in [-0.05, 0) is 43.7 Å². The zero-order chi connectivity index (χ0) is 12.3. The highest BCUT2D eigenvalue weighted by Gasteiger charge is 2.44. The van der Waals surface area contributed by atoms with Gasteiger partial charge in [0.15, 0.2) is 0 Å². The summed E-state index contributed by atoms with van der Waals surface area (Å²) < 4.78 is 5.70. The Bertz CT molecular complexity index is 369. The summed E-state index contributed by atoms with van der Waals surface area (Å²) in [6.45, 7) is 2.14. The molecule has 1 saturated carbocycles. The largest absolute Gasteiger partial charge is 0.377 e. The molecule has 1 fully saturated rings. The van der Waals surface area contributed by atoms with Gasteiger partial charge in [0.05, 0.1) is 11.6 Å². The molecule has 2 rings (SSSR count). The second-order valence-electron chi connectivity index (χ2n) is 4.97. The summed E-state index contributed by atoms with van der Waals surface area (Å²) in [7, 11) is 1.79. The second-order valence-corrected chi connectivity index (χ2v) is 4.97. The number of nitrogens with two attached hydrogens (primary N) is 1. The molecule has 1 aromatic rings. The predicted molar refractivity (Wildman–Crippen MR) is 69.6 cm³/mol. The number of ether oxygens (including phenoxy) is 1. The highest BCUT2D eigenvalue weighted by atomic mass is 16.5. The van der Waals surface area contributed by atoms with Gasteiger partial charge in [-0.2, -0.15) is 0 Å². The number of aryl methyl sites for hydroxylation is 1. The van der Waals surface area contributed by atoms with E-state index in [1.54, 1.807) is 7.11 Å². The van der Waals surface area contributed by atoms with Gasteiger partial charge in [-0.1, -0.05) is 24.3 Å². The van der Waals surface area contributed by atoms with E-state index in [9.17, 15) is 0 Å². The van der Waals surface area contributed by atoms with E-state index in [0.29, 0.717) is 0 Å². The first-order chi connectivity index (χ1) is 8.22. The molecule has 0 aliphatic heterocycles. The Labute approximate surface area is 103 Å². The van der Waals surface area contributed by atoms with E-state index < -0.39 is 0 Å². The van der Waals surface area contributed by atoms with Crippen LogP contribution in [0.25, 0.3) is 0 Å². The van der Waals surface area contributed by atoms with Gasteiger partial charge in [0.1, 0.15) is 0 Å². The van der Waals surface area contributed by atoms with E-state index in [1.165, 1.54) is 17.5 Å². The topological polar surface area (TPSA) is 47.3 Å². The SMILES string of the molecule is COC1(C(Cc2ccccc2C)NN)CCC1. The molecule has 1 atom stereocenters. The average molecular weight is 234 g/mol. The summed E-state index contributed by atoms with van der Waals surface area (Å²) in [6, 6.07) is 8.66. The van der Waals surface area contributed by atoms with Crippen LogP contribution in [-0.2, 0) is 11.2 Å². The average Bonchev–Trinajstić information content (AvgIpc) is 2.29. The standard InChI is InChI=1S/C14H22N2O/c1-11-6-3-4-7-12(11)10-13(16-15)14(17-2)8-5-9-14/h3-4,6-7,13,16H,5,8-10,15H2,1-2H3. The van der Waals surface area contributed by atoms with Gasteiger partial charge in [-0.25, -0.2) is 0 Å². The maximum Gasteiger partial charge on any atom is 0.0847 e. The third kappa shape index (κ3) is 2.37. The van der Waals surface area contributed by atoms with E-state index in [1.807, 2.05) is 0 Å². The molecule has 3 N–H and O–H groups in total. The second kappa shape index (κ2) is 5.17. The molecule has 1 aliphatic rings. The van der Waals surface area contributed by atoms with Crippen LogP contribution < -0.4 is 11.3 Å². The van der Waals surface area contributed by atoms with Gasteiger partial charge < -0.3 is 4.74 Å².